The van der Waals surface area contributed by atoms with Crippen molar-refractivity contribution in [2.45, 2.75) is 83.5 Å². The maximum absolute atomic E-state index is 14.7. The number of unbranched alkanes of at least 4 members (excludes halogenated alkanes) is 3. The smallest absolute Gasteiger partial charge is 0.337 e. The molecule has 3 heteroatoms. The highest BCUT2D eigenvalue weighted by Crippen LogP contribution is 2.48. The van der Waals surface area contributed by atoms with Crippen LogP contribution in [0.2, 0.25) is 0 Å². The molecule has 0 aromatic heterocycles. The molecule has 168 valence electrons. The second-order valence-electron chi connectivity index (χ2n) is 9.99. The first-order valence-electron chi connectivity index (χ1n) is 12.4. The van der Waals surface area contributed by atoms with Crippen LogP contribution in [0.25, 0.3) is 10.8 Å². The van der Waals surface area contributed by atoms with E-state index in [-0.39, 0.29) is 11.4 Å². The van der Waals surface area contributed by atoms with Gasteiger partial charge in [0, 0.05) is 5.39 Å². The van der Waals surface area contributed by atoms with Gasteiger partial charge in [-0.2, -0.15) is 0 Å². The lowest BCUT2D eigenvalue weighted by atomic mass is 9.63. The van der Waals surface area contributed by atoms with E-state index in [1.807, 2.05) is 12.1 Å². The van der Waals surface area contributed by atoms with Crippen molar-refractivity contribution in [2.75, 3.05) is 7.11 Å². The molecule has 2 aliphatic rings. The Morgan fingerprint density at radius 2 is 1.81 bits per heavy atom. The molecule has 2 aromatic carbocycles. The predicted octanol–water partition coefficient (Wildman–Crippen LogP) is 8.04. The average molecular weight is 425 g/mol. The zero-order valence-electron chi connectivity index (χ0n) is 19.2. The topological polar surface area (TPSA) is 26.3 Å². The van der Waals surface area contributed by atoms with E-state index in [2.05, 4.69) is 13.0 Å². The molecule has 31 heavy (non-hydrogen) atoms. The first kappa shape index (κ1) is 22.3. The number of halogens is 1. The number of benzene rings is 2. The zero-order chi connectivity index (χ0) is 21.8. The highest BCUT2D eigenvalue weighted by Gasteiger charge is 2.35. The summed E-state index contributed by atoms with van der Waals surface area (Å²) < 4.78 is 19.5. The van der Waals surface area contributed by atoms with Crippen molar-refractivity contribution >= 4 is 16.7 Å². The number of carbonyl (C=O) groups is 1. The summed E-state index contributed by atoms with van der Waals surface area (Å²) in [6, 6.07) is 9.17. The summed E-state index contributed by atoms with van der Waals surface area (Å²) >= 11 is 0. The third-order valence-corrected chi connectivity index (χ3v) is 8.01. The zero-order valence-corrected chi connectivity index (χ0v) is 19.2. The van der Waals surface area contributed by atoms with Crippen molar-refractivity contribution in [1.82, 2.24) is 0 Å². The van der Waals surface area contributed by atoms with Crippen LogP contribution in [0.4, 0.5) is 4.39 Å². The van der Waals surface area contributed by atoms with Crippen LogP contribution in [0.5, 0.6) is 0 Å². The van der Waals surface area contributed by atoms with Crippen LogP contribution < -0.4 is 0 Å². The number of hydrogen-bond donors (Lipinski definition) is 0. The summed E-state index contributed by atoms with van der Waals surface area (Å²) in [5, 5.41) is 1.38. The van der Waals surface area contributed by atoms with Crippen LogP contribution in [0.1, 0.15) is 99.4 Å². The van der Waals surface area contributed by atoms with Gasteiger partial charge in [-0.05, 0) is 84.9 Å². The van der Waals surface area contributed by atoms with E-state index >= 15 is 0 Å². The fraction of sp³-hybridized carbons (Fsp3) is 0.607. The maximum Gasteiger partial charge on any atom is 0.337 e. The Balaban J connectivity index is 1.40. The van der Waals surface area contributed by atoms with Crippen molar-refractivity contribution in [3.05, 3.63) is 47.3 Å². The molecule has 2 saturated carbocycles. The molecular weight excluding hydrogens is 387 g/mol. The summed E-state index contributed by atoms with van der Waals surface area (Å²) in [5.74, 6) is 2.40. The van der Waals surface area contributed by atoms with Crippen molar-refractivity contribution in [3.63, 3.8) is 0 Å². The van der Waals surface area contributed by atoms with Gasteiger partial charge in [-0.1, -0.05) is 57.6 Å². The van der Waals surface area contributed by atoms with E-state index in [0.717, 1.165) is 23.1 Å². The van der Waals surface area contributed by atoms with Crippen LogP contribution in [-0.2, 0) is 4.74 Å². The molecule has 0 amide bonds. The maximum atomic E-state index is 14.7. The fourth-order valence-electron chi connectivity index (χ4n) is 6.23. The van der Waals surface area contributed by atoms with E-state index in [9.17, 15) is 9.18 Å². The van der Waals surface area contributed by atoms with Gasteiger partial charge in [-0.3, -0.25) is 0 Å². The standard InChI is InChI=1S/C28H37FO2/c1-3-4-5-6-7-19-8-9-21-15-22(11-10-20(21)14-19)23-12-13-24-16-25(28(30)31-2)18-27(29)26(24)17-23/h12-13,16-22H,3-11,14-15H2,1-2H3/t19?,20-,21+,22?/m0/s1. The van der Waals surface area contributed by atoms with Gasteiger partial charge in [0.1, 0.15) is 5.82 Å². The van der Waals surface area contributed by atoms with E-state index in [0.29, 0.717) is 11.3 Å². The summed E-state index contributed by atoms with van der Waals surface area (Å²) in [7, 11) is 1.32. The molecule has 2 fully saturated rings. The van der Waals surface area contributed by atoms with E-state index in [1.54, 1.807) is 6.07 Å². The second kappa shape index (κ2) is 10.1. The van der Waals surface area contributed by atoms with Crippen molar-refractivity contribution in [2.24, 2.45) is 17.8 Å². The molecule has 4 atom stereocenters. The van der Waals surface area contributed by atoms with E-state index in [4.69, 9.17) is 4.74 Å². The first-order valence-corrected chi connectivity index (χ1v) is 12.4. The lowest BCUT2D eigenvalue weighted by molar-refractivity contribution is 0.0600. The molecule has 0 spiro atoms. The van der Waals surface area contributed by atoms with Gasteiger partial charge >= 0.3 is 5.97 Å². The lowest BCUT2D eigenvalue weighted by Gasteiger charge is -2.42. The minimum atomic E-state index is -0.496. The van der Waals surface area contributed by atoms with E-state index < -0.39 is 5.97 Å². The summed E-state index contributed by atoms with van der Waals surface area (Å²) in [6.07, 6.45) is 15.0. The number of carbonyl (C=O) groups excluding carboxylic acids is 1. The largest absolute Gasteiger partial charge is 0.465 e. The normalized spacial score (nSPS) is 25.9. The minimum Gasteiger partial charge on any atom is -0.465 e. The van der Waals surface area contributed by atoms with Gasteiger partial charge in [0.05, 0.1) is 12.7 Å². The quantitative estimate of drug-likeness (QED) is 0.332. The van der Waals surface area contributed by atoms with E-state index in [1.165, 1.54) is 89.4 Å². The third-order valence-electron chi connectivity index (χ3n) is 8.01. The Hall–Kier alpha value is -1.90. The number of fused-ring (bicyclic) bond motifs is 2. The van der Waals surface area contributed by atoms with Gasteiger partial charge in [-0.25, -0.2) is 9.18 Å². The molecule has 0 radical (unpaired) electrons. The van der Waals surface area contributed by atoms with Crippen molar-refractivity contribution < 1.29 is 13.9 Å². The number of esters is 1. The van der Waals surface area contributed by atoms with Crippen molar-refractivity contribution in [1.29, 1.82) is 0 Å². The van der Waals surface area contributed by atoms with Crippen LogP contribution in [-0.4, -0.2) is 13.1 Å². The highest BCUT2D eigenvalue weighted by molar-refractivity contribution is 5.95. The first-order chi connectivity index (χ1) is 15.1. The van der Waals surface area contributed by atoms with Crippen LogP contribution >= 0.6 is 0 Å². The Labute approximate surface area is 186 Å². The molecule has 0 heterocycles. The van der Waals surface area contributed by atoms with Gasteiger partial charge in [-0.15, -0.1) is 0 Å². The minimum absolute atomic E-state index is 0.271. The summed E-state index contributed by atoms with van der Waals surface area (Å²) in [4.78, 5) is 11.8. The van der Waals surface area contributed by atoms with Crippen LogP contribution in [0.15, 0.2) is 30.3 Å². The van der Waals surface area contributed by atoms with Gasteiger partial charge in [0.2, 0.25) is 0 Å². The molecule has 0 bridgehead atoms. The van der Waals surface area contributed by atoms with Gasteiger partial charge in [0.15, 0.2) is 0 Å². The van der Waals surface area contributed by atoms with Crippen LogP contribution in [0, 0.1) is 23.6 Å². The third kappa shape index (κ3) is 5.13. The lowest BCUT2D eigenvalue weighted by Crippen LogP contribution is -2.30. The van der Waals surface area contributed by atoms with Crippen molar-refractivity contribution in [3.8, 4) is 0 Å². The highest BCUT2D eigenvalue weighted by atomic mass is 19.1. The SMILES string of the molecule is CCCCCCC1CC[C@@H]2CC(c3ccc4cc(C(=O)OC)cc(F)c4c3)CC[C@H]2C1. The molecule has 2 aliphatic carbocycles. The Bertz CT molecular complexity index is 905. The molecule has 0 saturated heterocycles. The Morgan fingerprint density at radius 3 is 2.61 bits per heavy atom. The number of hydrogen-bond acceptors (Lipinski definition) is 2. The second-order valence-corrected chi connectivity index (χ2v) is 9.99. The molecule has 4 rings (SSSR count). The number of rotatable bonds is 7. The fourth-order valence-corrected chi connectivity index (χ4v) is 6.23. The molecule has 2 aromatic rings. The summed E-state index contributed by atoms with van der Waals surface area (Å²) in [6.45, 7) is 2.28. The molecule has 2 unspecified atom stereocenters. The monoisotopic (exact) mass is 424 g/mol. The molecule has 2 nitrogen and oxygen atoms in total. The Morgan fingerprint density at radius 1 is 1.00 bits per heavy atom. The average Bonchev–Trinajstić information content (AvgIpc) is 2.80. The number of ether oxygens (including phenoxy) is 1. The van der Waals surface area contributed by atoms with Gasteiger partial charge < -0.3 is 4.74 Å². The number of methoxy groups -OCH3 is 1. The Kier molecular flexibility index (Phi) is 7.30. The molecule has 0 N–H and O–H groups in total. The van der Waals surface area contributed by atoms with Gasteiger partial charge in [0.25, 0.3) is 0 Å². The van der Waals surface area contributed by atoms with Crippen LogP contribution in [0.3, 0.4) is 0 Å². The predicted molar refractivity (Wildman–Crippen MR) is 125 cm³/mol. The molecular formula is C28H37FO2. The summed E-state index contributed by atoms with van der Waals surface area (Å²) in [5.41, 5.74) is 1.53. The molecule has 0 aliphatic heterocycles.